The van der Waals surface area contributed by atoms with Crippen molar-refractivity contribution in [2.45, 2.75) is 38.8 Å². The van der Waals surface area contributed by atoms with Crippen molar-refractivity contribution < 1.29 is 4.74 Å². The quantitative estimate of drug-likeness (QED) is 0.580. The molecule has 3 N–H and O–H groups in total. The van der Waals surface area contributed by atoms with Crippen molar-refractivity contribution >= 4 is 11.3 Å². The highest BCUT2D eigenvalue weighted by atomic mass is 32.1. The van der Waals surface area contributed by atoms with Crippen molar-refractivity contribution in [3.8, 4) is 0 Å². The highest BCUT2D eigenvalue weighted by Gasteiger charge is 2.12. The van der Waals surface area contributed by atoms with E-state index in [1.54, 1.807) is 18.4 Å². The van der Waals surface area contributed by atoms with Crippen molar-refractivity contribution in [3.63, 3.8) is 0 Å². The van der Waals surface area contributed by atoms with Gasteiger partial charge in [0.25, 0.3) is 0 Å². The Labute approximate surface area is 95.6 Å². The molecular formula is C11H20N2OS. The Morgan fingerprint density at radius 3 is 2.67 bits per heavy atom. The Hall–Kier alpha value is -0.420. The van der Waals surface area contributed by atoms with E-state index in [0.717, 1.165) is 12.8 Å². The molecule has 15 heavy (non-hydrogen) atoms. The van der Waals surface area contributed by atoms with E-state index in [1.807, 2.05) is 0 Å². The van der Waals surface area contributed by atoms with Gasteiger partial charge in [0.15, 0.2) is 0 Å². The van der Waals surface area contributed by atoms with Crippen molar-refractivity contribution in [2.75, 3.05) is 7.11 Å². The van der Waals surface area contributed by atoms with Crippen molar-refractivity contribution in [1.82, 2.24) is 5.43 Å². The van der Waals surface area contributed by atoms with E-state index in [1.165, 1.54) is 9.75 Å². The predicted molar refractivity (Wildman–Crippen MR) is 64.8 cm³/mol. The van der Waals surface area contributed by atoms with Crippen LogP contribution >= 0.6 is 11.3 Å². The number of hydrazine groups is 1. The number of hydrogen-bond donors (Lipinski definition) is 2. The van der Waals surface area contributed by atoms with Gasteiger partial charge >= 0.3 is 0 Å². The highest BCUT2D eigenvalue weighted by molar-refractivity contribution is 7.12. The summed E-state index contributed by atoms with van der Waals surface area (Å²) in [7, 11) is 1.74. The number of hydrogen-bond acceptors (Lipinski definition) is 4. The zero-order chi connectivity index (χ0) is 11.3. The zero-order valence-electron chi connectivity index (χ0n) is 9.62. The molecule has 1 aromatic heterocycles. The Balaban J connectivity index is 2.49. The molecule has 0 fully saturated rings. The van der Waals surface area contributed by atoms with Crippen molar-refractivity contribution in [3.05, 3.63) is 21.9 Å². The molecule has 3 nitrogen and oxygen atoms in total. The summed E-state index contributed by atoms with van der Waals surface area (Å²) in [5, 5.41) is 0. The van der Waals surface area contributed by atoms with E-state index in [-0.39, 0.29) is 6.04 Å². The minimum Gasteiger partial charge on any atom is -0.382 e. The molecule has 0 radical (unpaired) electrons. The van der Waals surface area contributed by atoms with Gasteiger partial charge in [-0.1, -0.05) is 0 Å². The fourth-order valence-electron chi connectivity index (χ4n) is 1.47. The van der Waals surface area contributed by atoms with Crippen LogP contribution in [0.3, 0.4) is 0 Å². The smallest absolute Gasteiger partial charge is 0.0554 e. The van der Waals surface area contributed by atoms with Gasteiger partial charge in [0.1, 0.15) is 0 Å². The average molecular weight is 228 g/mol. The van der Waals surface area contributed by atoms with Crippen LogP contribution in [0.5, 0.6) is 0 Å². The predicted octanol–water partition coefficient (Wildman–Crippen LogP) is 2.38. The van der Waals surface area contributed by atoms with Gasteiger partial charge in [0.05, 0.1) is 12.1 Å². The lowest BCUT2D eigenvalue weighted by Gasteiger charge is -2.16. The molecular weight excluding hydrogens is 208 g/mol. The summed E-state index contributed by atoms with van der Waals surface area (Å²) in [6, 6.07) is 4.52. The first-order chi connectivity index (χ1) is 7.17. The SMILES string of the molecule is COC(C)CCC(NN)c1ccc(C)s1. The second kappa shape index (κ2) is 6.23. The Kier molecular flexibility index (Phi) is 5.25. The molecule has 0 aliphatic carbocycles. The van der Waals surface area contributed by atoms with Crippen LogP contribution in [-0.4, -0.2) is 13.2 Å². The number of thiophene rings is 1. The molecule has 2 unspecified atom stereocenters. The number of ether oxygens (including phenoxy) is 1. The third kappa shape index (κ3) is 3.91. The van der Waals surface area contributed by atoms with E-state index < -0.39 is 0 Å². The standard InChI is InChI=1S/C11H20N2OS/c1-8(14-3)4-6-10(13-12)11-7-5-9(2)15-11/h5,7-8,10,13H,4,6,12H2,1-3H3. The largest absolute Gasteiger partial charge is 0.382 e. The van der Waals surface area contributed by atoms with E-state index in [4.69, 9.17) is 10.6 Å². The lowest BCUT2D eigenvalue weighted by molar-refractivity contribution is 0.106. The highest BCUT2D eigenvalue weighted by Crippen LogP contribution is 2.26. The summed E-state index contributed by atoms with van der Waals surface area (Å²) in [5.74, 6) is 5.56. The van der Waals surface area contributed by atoms with E-state index in [0.29, 0.717) is 6.10 Å². The molecule has 1 rings (SSSR count). The minimum absolute atomic E-state index is 0.251. The van der Waals surface area contributed by atoms with Crippen LogP contribution in [0, 0.1) is 6.92 Å². The molecule has 4 heteroatoms. The molecule has 0 spiro atoms. The van der Waals surface area contributed by atoms with Crippen LogP contribution in [0.15, 0.2) is 12.1 Å². The topological polar surface area (TPSA) is 47.3 Å². The maximum absolute atomic E-state index is 5.56. The monoisotopic (exact) mass is 228 g/mol. The third-order valence-corrected chi connectivity index (χ3v) is 3.68. The van der Waals surface area contributed by atoms with Crippen LogP contribution in [0.4, 0.5) is 0 Å². The third-order valence-electron chi connectivity index (χ3n) is 2.57. The van der Waals surface area contributed by atoms with Gasteiger partial charge < -0.3 is 4.74 Å². The second-order valence-corrected chi connectivity index (χ2v) is 5.11. The first-order valence-corrected chi connectivity index (χ1v) is 6.04. The first kappa shape index (κ1) is 12.6. The average Bonchev–Trinajstić information content (AvgIpc) is 2.65. The normalized spacial score (nSPS) is 15.2. The number of nitrogens with one attached hydrogen (secondary N) is 1. The second-order valence-electron chi connectivity index (χ2n) is 3.79. The summed E-state index contributed by atoms with van der Waals surface area (Å²) in [5.41, 5.74) is 2.87. The fourth-order valence-corrected chi connectivity index (χ4v) is 2.44. The maximum Gasteiger partial charge on any atom is 0.0554 e. The lowest BCUT2D eigenvalue weighted by atomic mass is 10.1. The number of aryl methyl sites for hydroxylation is 1. The van der Waals surface area contributed by atoms with Gasteiger partial charge in [-0.3, -0.25) is 11.3 Å². The zero-order valence-corrected chi connectivity index (χ0v) is 10.4. The molecule has 0 aliphatic rings. The van der Waals surface area contributed by atoms with Crippen LogP contribution in [0.2, 0.25) is 0 Å². The van der Waals surface area contributed by atoms with Gasteiger partial charge in [0, 0.05) is 16.9 Å². The van der Waals surface area contributed by atoms with Gasteiger partial charge in [-0.25, -0.2) is 0 Å². The van der Waals surface area contributed by atoms with Crippen molar-refractivity contribution in [1.29, 1.82) is 0 Å². The van der Waals surface area contributed by atoms with Crippen LogP contribution < -0.4 is 11.3 Å². The molecule has 0 bridgehead atoms. The Morgan fingerprint density at radius 2 is 2.20 bits per heavy atom. The van der Waals surface area contributed by atoms with Crippen LogP contribution in [0.1, 0.15) is 35.6 Å². The lowest BCUT2D eigenvalue weighted by Crippen LogP contribution is -2.28. The molecule has 0 aliphatic heterocycles. The molecule has 0 saturated heterocycles. The molecule has 0 amide bonds. The summed E-state index contributed by atoms with van der Waals surface area (Å²) in [6.45, 7) is 4.19. The Morgan fingerprint density at radius 1 is 1.47 bits per heavy atom. The first-order valence-electron chi connectivity index (χ1n) is 5.22. The number of nitrogens with two attached hydrogens (primary N) is 1. The summed E-state index contributed by atoms with van der Waals surface area (Å²) in [6.07, 6.45) is 2.32. The van der Waals surface area contributed by atoms with Crippen LogP contribution in [0.25, 0.3) is 0 Å². The van der Waals surface area contributed by atoms with E-state index in [9.17, 15) is 0 Å². The Bertz CT molecular complexity index is 288. The number of methoxy groups -OCH3 is 1. The fraction of sp³-hybridized carbons (Fsp3) is 0.636. The van der Waals surface area contributed by atoms with Crippen LogP contribution in [-0.2, 0) is 4.74 Å². The maximum atomic E-state index is 5.56. The van der Waals surface area contributed by atoms with Crippen molar-refractivity contribution in [2.24, 2.45) is 5.84 Å². The molecule has 2 atom stereocenters. The molecule has 86 valence electrons. The number of rotatable bonds is 6. The van der Waals surface area contributed by atoms with Gasteiger partial charge in [0.2, 0.25) is 0 Å². The van der Waals surface area contributed by atoms with E-state index in [2.05, 4.69) is 31.4 Å². The van der Waals surface area contributed by atoms with Gasteiger partial charge in [-0.2, -0.15) is 0 Å². The van der Waals surface area contributed by atoms with E-state index >= 15 is 0 Å². The molecule has 0 aromatic carbocycles. The molecule has 1 heterocycles. The summed E-state index contributed by atoms with van der Waals surface area (Å²) < 4.78 is 5.22. The minimum atomic E-state index is 0.251. The molecule has 1 aromatic rings. The molecule has 0 saturated carbocycles. The van der Waals surface area contributed by atoms with Gasteiger partial charge in [-0.05, 0) is 38.8 Å². The summed E-state index contributed by atoms with van der Waals surface area (Å²) in [4.78, 5) is 2.63. The van der Waals surface area contributed by atoms with Gasteiger partial charge in [-0.15, -0.1) is 11.3 Å². The summed E-state index contributed by atoms with van der Waals surface area (Å²) >= 11 is 1.80.